The summed E-state index contributed by atoms with van der Waals surface area (Å²) in [6.45, 7) is 0. The molecule has 0 aliphatic heterocycles. The number of hydrogen-bond donors (Lipinski definition) is 1. The number of nitrogens with zero attached hydrogens (tertiary/aromatic N) is 1. The first-order valence-electron chi connectivity index (χ1n) is 8.82. The first-order chi connectivity index (χ1) is 14.1. The summed E-state index contributed by atoms with van der Waals surface area (Å²) >= 11 is 0. The Morgan fingerprint density at radius 2 is 1.76 bits per heavy atom. The number of amides is 1. The van der Waals surface area contributed by atoms with Crippen LogP contribution in [0.1, 0.15) is 15.9 Å². The molecular weight excluding hydrogens is 371 g/mol. The zero-order valence-electron chi connectivity index (χ0n) is 15.1. The standard InChI is InChI=1S/C23H15FN2O3/c24-18-5-3-4-15(12-18)14-25-26-23(28)17-10-8-16(9-11-17)22-13-20(27)19-6-1-2-7-21(19)29-22/h1-14H,(H,26,28)/b25-14+. The minimum absolute atomic E-state index is 0.129. The molecule has 6 heteroatoms. The van der Waals surface area contributed by atoms with Gasteiger partial charge in [-0.1, -0.05) is 36.4 Å². The van der Waals surface area contributed by atoms with Crippen LogP contribution in [-0.2, 0) is 0 Å². The molecule has 1 N–H and O–H groups in total. The molecule has 0 atom stereocenters. The Morgan fingerprint density at radius 3 is 2.55 bits per heavy atom. The minimum Gasteiger partial charge on any atom is -0.456 e. The summed E-state index contributed by atoms with van der Waals surface area (Å²) in [7, 11) is 0. The Balaban J connectivity index is 1.50. The van der Waals surface area contributed by atoms with Gasteiger partial charge in [0.2, 0.25) is 0 Å². The Hall–Kier alpha value is -4.06. The molecule has 5 nitrogen and oxygen atoms in total. The van der Waals surface area contributed by atoms with Crippen LogP contribution in [0.15, 0.2) is 93.2 Å². The summed E-state index contributed by atoms with van der Waals surface area (Å²) in [6.07, 6.45) is 1.36. The van der Waals surface area contributed by atoms with E-state index in [0.29, 0.717) is 33.4 Å². The maximum Gasteiger partial charge on any atom is 0.271 e. The smallest absolute Gasteiger partial charge is 0.271 e. The van der Waals surface area contributed by atoms with E-state index in [-0.39, 0.29) is 11.2 Å². The van der Waals surface area contributed by atoms with Crippen LogP contribution in [0.5, 0.6) is 0 Å². The van der Waals surface area contributed by atoms with Crippen LogP contribution in [0.3, 0.4) is 0 Å². The lowest BCUT2D eigenvalue weighted by Gasteiger charge is -2.05. The van der Waals surface area contributed by atoms with Crippen molar-refractivity contribution in [3.8, 4) is 11.3 Å². The van der Waals surface area contributed by atoms with Gasteiger partial charge in [-0.05, 0) is 42.0 Å². The second-order valence-electron chi connectivity index (χ2n) is 6.30. The summed E-state index contributed by atoms with van der Waals surface area (Å²) in [6, 6.07) is 20.9. The Morgan fingerprint density at radius 1 is 0.966 bits per heavy atom. The van der Waals surface area contributed by atoms with Crippen molar-refractivity contribution in [3.05, 3.63) is 106 Å². The van der Waals surface area contributed by atoms with Gasteiger partial charge < -0.3 is 4.42 Å². The molecule has 1 aromatic heterocycles. The van der Waals surface area contributed by atoms with Crippen LogP contribution in [0.4, 0.5) is 4.39 Å². The first kappa shape index (κ1) is 18.3. The number of halogens is 1. The third kappa shape index (κ3) is 4.11. The lowest BCUT2D eigenvalue weighted by atomic mass is 10.1. The van der Waals surface area contributed by atoms with Gasteiger partial charge in [-0.2, -0.15) is 5.10 Å². The molecule has 4 aromatic rings. The average molecular weight is 386 g/mol. The SMILES string of the molecule is O=C(N/N=C/c1cccc(F)c1)c1ccc(-c2cc(=O)c3ccccc3o2)cc1. The molecule has 0 saturated heterocycles. The lowest BCUT2D eigenvalue weighted by molar-refractivity contribution is 0.0955. The highest BCUT2D eigenvalue weighted by Gasteiger charge is 2.09. The molecule has 4 rings (SSSR count). The zero-order valence-corrected chi connectivity index (χ0v) is 15.1. The highest BCUT2D eigenvalue weighted by molar-refractivity contribution is 5.95. The van der Waals surface area contributed by atoms with Gasteiger partial charge in [0, 0.05) is 17.2 Å². The number of para-hydroxylation sites is 1. The molecular formula is C23H15FN2O3. The van der Waals surface area contributed by atoms with Crippen LogP contribution in [-0.4, -0.2) is 12.1 Å². The molecule has 1 amide bonds. The Kier molecular flexibility index (Phi) is 4.99. The van der Waals surface area contributed by atoms with E-state index in [4.69, 9.17) is 4.42 Å². The van der Waals surface area contributed by atoms with Crippen molar-refractivity contribution in [1.82, 2.24) is 5.43 Å². The molecule has 3 aromatic carbocycles. The molecule has 142 valence electrons. The molecule has 0 unspecified atom stereocenters. The second kappa shape index (κ2) is 7.90. The summed E-state index contributed by atoms with van der Waals surface area (Å²) in [4.78, 5) is 24.4. The normalized spacial score (nSPS) is 11.1. The number of hydrazone groups is 1. The van der Waals surface area contributed by atoms with Gasteiger partial charge in [-0.25, -0.2) is 9.82 Å². The van der Waals surface area contributed by atoms with Gasteiger partial charge in [0.1, 0.15) is 17.2 Å². The predicted molar refractivity (Wildman–Crippen MR) is 109 cm³/mol. The van der Waals surface area contributed by atoms with Gasteiger partial charge in [-0.15, -0.1) is 0 Å². The summed E-state index contributed by atoms with van der Waals surface area (Å²) < 4.78 is 18.9. The van der Waals surface area contributed by atoms with Gasteiger partial charge in [0.15, 0.2) is 5.43 Å². The fraction of sp³-hybridized carbons (Fsp3) is 0. The van der Waals surface area contributed by atoms with E-state index < -0.39 is 5.91 Å². The highest BCUT2D eigenvalue weighted by Crippen LogP contribution is 2.22. The Bertz CT molecular complexity index is 1280. The van der Waals surface area contributed by atoms with E-state index in [1.54, 1.807) is 60.7 Å². The summed E-state index contributed by atoms with van der Waals surface area (Å²) in [5.74, 6) is -0.370. The van der Waals surface area contributed by atoms with Crippen LogP contribution >= 0.6 is 0 Å². The molecule has 29 heavy (non-hydrogen) atoms. The van der Waals surface area contributed by atoms with E-state index in [1.165, 1.54) is 24.4 Å². The summed E-state index contributed by atoms with van der Waals surface area (Å²) in [5.41, 5.74) is 4.36. The number of hydrogen-bond acceptors (Lipinski definition) is 4. The van der Waals surface area contributed by atoms with Crippen molar-refractivity contribution >= 4 is 23.1 Å². The van der Waals surface area contributed by atoms with Gasteiger partial charge >= 0.3 is 0 Å². The van der Waals surface area contributed by atoms with Crippen molar-refractivity contribution in [2.75, 3.05) is 0 Å². The number of rotatable bonds is 4. The Labute approximate surface area is 165 Å². The molecule has 0 aliphatic rings. The number of carbonyl (C=O) groups excluding carboxylic acids is 1. The molecule has 1 heterocycles. The topological polar surface area (TPSA) is 71.7 Å². The van der Waals surface area contributed by atoms with Crippen LogP contribution < -0.4 is 10.9 Å². The fourth-order valence-electron chi connectivity index (χ4n) is 2.85. The summed E-state index contributed by atoms with van der Waals surface area (Å²) in [5, 5.41) is 4.35. The lowest BCUT2D eigenvalue weighted by Crippen LogP contribution is -2.17. The molecule has 0 saturated carbocycles. The molecule has 0 radical (unpaired) electrons. The van der Waals surface area contributed by atoms with Gasteiger partial charge in [-0.3, -0.25) is 9.59 Å². The fourth-order valence-corrected chi connectivity index (χ4v) is 2.85. The van der Waals surface area contributed by atoms with Crippen molar-refractivity contribution in [1.29, 1.82) is 0 Å². The van der Waals surface area contributed by atoms with E-state index >= 15 is 0 Å². The number of carbonyl (C=O) groups is 1. The monoisotopic (exact) mass is 386 g/mol. The quantitative estimate of drug-likeness (QED) is 0.418. The molecule has 0 spiro atoms. The van der Waals surface area contributed by atoms with Crippen LogP contribution in [0.25, 0.3) is 22.3 Å². The van der Waals surface area contributed by atoms with Crippen LogP contribution in [0, 0.1) is 5.82 Å². The number of benzene rings is 3. The maximum atomic E-state index is 13.1. The number of nitrogens with one attached hydrogen (secondary N) is 1. The van der Waals surface area contributed by atoms with E-state index in [0.717, 1.165) is 0 Å². The van der Waals surface area contributed by atoms with E-state index in [1.807, 2.05) is 0 Å². The first-order valence-corrected chi connectivity index (χ1v) is 8.82. The molecule has 0 bridgehead atoms. The van der Waals surface area contributed by atoms with Gasteiger partial charge in [0.25, 0.3) is 5.91 Å². The minimum atomic E-state index is -0.413. The maximum absolute atomic E-state index is 13.1. The van der Waals surface area contributed by atoms with Crippen molar-refractivity contribution in [3.63, 3.8) is 0 Å². The molecule has 0 fully saturated rings. The second-order valence-corrected chi connectivity index (χ2v) is 6.30. The van der Waals surface area contributed by atoms with E-state index in [2.05, 4.69) is 10.5 Å². The number of fused-ring (bicyclic) bond motifs is 1. The predicted octanol–water partition coefficient (Wildman–Crippen LogP) is 4.36. The highest BCUT2D eigenvalue weighted by atomic mass is 19.1. The van der Waals surface area contributed by atoms with Crippen molar-refractivity contribution in [2.24, 2.45) is 5.10 Å². The van der Waals surface area contributed by atoms with Gasteiger partial charge in [0.05, 0.1) is 11.6 Å². The third-order valence-electron chi connectivity index (χ3n) is 4.29. The molecule has 0 aliphatic carbocycles. The largest absolute Gasteiger partial charge is 0.456 e. The van der Waals surface area contributed by atoms with Crippen molar-refractivity contribution < 1.29 is 13.6 Å². The third-order valence-corrected chi connectivity index (χ3v) is 4.29. The zero-order chi connectivity index (χ0) is 20.2. The van der Waals surface area contributed by atoms with E-state index in [9.17, 15) is 14.0 Å². The van der Waals surface area contributed by atoms with Crippen LogP contribution in [0.2, 0.25) is 0 Å². The van der Waals surface area contributed by atoms with Crippen molar-refractivity contribution in [2.45, 2.75) is 0 Å². The average Bonchev–Trinajstić information content (AvgIpc) is 2.74.